The van der Waals surface area contributed by atoms with Gasteiger partial charge < -0.3 is 35.1 Å². The first-order chi connectivity index (χ1) is 22.8. The number of para-hydroxylation sites is 1. The largest absolute Gasteiger partial charge is 0.493 e. The van der Waals surface area contributed by atoms with Crippen molar-refractivity contribution in [3.8, 4) is 28.4 Å². The zero-order valence-corrected chi connectivity index (χ0v) is 27.6. The molecule has 0 radical (unpaired) electrons. The smallest absolute Gasteiger partial charge is 0.220 e. The Kier molecular flexibility index (Phi) is 11.0. The molecule has 1 atom stereocenters. The number of aryl methyl sites for hydroxylation is 1. The molecule has 4 aromatic rings. The molecule has 1 heterocycles. The molecule has 0 bridgehead atoms. The molecule has 0 fully saturated rings. The Balaban J connectivity index is 1.21. The van der Waals surface area contributed by atoms with Crippen LogP contribution in [-0.4, -0.2) is 51.2 Å². The molecule has 0 unspecified atom stereocenters. The van der Waals surface area contributed by atoms with Crippen molar-refractivity contribution in [2.24, 2.45) is 0 Å². The fourth-order valence-corrected chi connectivity index (χ4v) is 6.43. The number of carbonyl (C=O) groups excluding carboxylic acids is 2. The fourth-order valence-electron chi connectivity index (χ4n) is 6.43. The monoisotopic (exact) mass is 640 g/mol. The summed E-state index contributed by atoms with van der Waals surface area (Å²) in [6.07, 6.45) is 6.91. The van der Waals surface area contributed by atoms with Crippen LogP contribution < -0.4 is 35.6 Å². The Bertz CT molecular complexity index is 1800. The molecule has 0 saturated heterocycles. The van der Waals surface area contributed by atoms with Crippen LogP contribution in [-0.2, 0) is 22.4 Å². The summed E-state index contributed by atoms with van der Waals surface area (Å²) < 4.78 is 17.1. The van der Waals surface area contributed by atoms with Gasteiger partial charge in [-0.25, -0.2) is 0 Å². The van der Waals surface area contributed by atoms with E-state index in [1.165, 1.54) is 17.9 Å². The van der Waals surface area contributed by atoms with Crippen molar-refractivity contribution >= 4 is 28.4 Å². The fraction of sp³-hybridized carbons (Fsp3) is 0.378. The van der Waals surface area contributed by atoms with Gasteiger partial charge in [-0.3, -0.25) is 14.4 Å². The molecular weight excluding hydrogens is 596 g/mol. The number of methoxy groups -OCH3 is 3. The van der Waals surface area contributed by atoms with Gasteiger partial charge in [-0.05, 0) is 78.6 Å². The number of carbonyl (C=O) groups is 2. The predicted octanol–water partition coefficient (Wildman–Crippen LogP) is 5.68. The summed E-state index contributed by atoms with van der Waals surface area (Å²) in [7, 11) is 4.72. The van der Waals surface area contributed by atoms with Crippen LogP contribution in [0.3, 0.4) is 0 Å². The highest BCUT2D eigenvalue weighted by Crippen LogP contribution is 2.50. The molecule has 1 aliphatic carbocycles. The van der Waals surface area contributed by atoms with Crippen molar-refractivity contribution in [1.29, 1.82) is 0 Å². The summed E-state index contributed by atoms with van der Waals surface area (Å²) in [5.74, 6) is 1.41. The van der Waals surface area contributed by atoms with Gasteiger partial charge in [0.2, 0.25) is 23.0 Å². The maximum atomic E-state index is 13.5. The van der Waals surface area contributed by atoms with Crippen LogP contribution in [0, 0.1) is 0 Å². The minimum atomic E-state index is -0.363. The molecule has 0 spiro atoms. The van der Waals surface area contributed by atoms with Gasteiger partial charge in [-0.15, -0.1) is 0 Å². The molecule has 1 aromatic heterocycles. The van der Waals surface area contributed by atoms with Gasteiger partial charge in [0.25, 0.3) is 0 Å². The number of rotatable bonds is 14. The Labute approximate surface area is 275 Å². The zero-order valence-electron chi connectivity index (χ0n) is 27.6. The lowest BCUT2D eigenvalue weighted by atomic mass is 9.95. The van der Waals surface area contributed by atoms with Gasteiger partial charge in [0.15, 0.2) is 11.5 Å². The lowest BCUT2D eigenvalue weighted by Gasteiger charge is -2.19. The van der Waals surface area contributed by atoms with E-state index in [1.54, 1.807) is 33.5 Å². The zero-order chi connectivity index (χ0) is 33.3. The van der Waals surface area contributed by atoms with Crippen LogP contribution in [0.1, 0.15) is 61.8 Å². The quantitative estimate of drug-likeness (QED) is 0.131. The van der Waals surface area contributed by atoms with Crippen LogP contribution in [0.25, 0.3) is 22.0 Å². The van der Waals surface area contributed by atoms with E-state index < -0.39 is 0 Å². The van der Waals surface area contributed by atoms with Crippen LogP contribution in [0.2, 0.25) is 0 Å². The van der Waals surface area contributed by atoms with E-state index in [1.807, 2.05) is 36.5 Å². The standard InChI is InChI=1S/C37H44N4O6/c1-23(42)41-30-15-13-24-20-33(45-2)36(46-3)37(47-4)35(24)27-14-16-31(32(43)21-28(27)30)38-18-9-5-6-12-34(44)39-19-17-25-22-40-29-11-8-7-10-26(25)29/h7-8,10-11,14,16,20-22,30,40H,5-6,9,12-13,15,17-19H2,1-4H3,(H,38,43)(H,39,44)(H,41,42)/t30-/m1/s1. The van der Waals surface area contributed by atoms with Gasteiger partial charge in [-0.1, -0.05) is 30.7 Å². The first kappa shape index (κ1) is 33.4. The number of aromatic nitrogens is 1. The van der Waals surface area contributed by atoms with Gasteiger partial charge in [0.05, 0.1) is 33.1 Å². The minimum Gasteiger partial charge on any atom is -0.493 e. The van der Waals surface area contributed by atoms with Crippen LogP contribution in [0.5, 0.6) is 17.2 Å². The van der Waals surface area contributed by atoms with Gasteiger partial charge in [0.1, 0.15) is 0 Å². The first-order valence-corrected chi connectivity index (χ1v) is 16.2. The summed E-state index contributed by atoms with van der Waals surface area (Å²) >= 11 is 0. The van der Waals surface area contributed by atoms with E-state index >= 15 is 0 Å². The summed E-state index contributed by atoms with van der Waals surface area (Å²) in [4.78, 5) is 41.3. The average Bonchev–Trinajstić information content (AvgIpc) is 3.33. The molecule has 0 aliphatic heterocycles. The molecule has 2 amide bonds. The number of ether oxygens (including phenoxy) is 3. The molecule has 1 aliphatic rings. The molecule has 0 saturated carbocycles. The normalized spacial score (nSPS) is 13.6. The van der Waals surface area contributed by atoms with Gasteiger partial charge in [-0.2, -0.15) is 0 Å². The van der Waals surface area contributed by atoms with Crippen molar-refractivity contribution in [3.63, 3.8) is 0 Å². The van der Waals surface area contributed by atoms with E-state index in [4.69, 9.17) is 14.2 Å². The molecular formula is C37H44N4O6. The van der Waals surface area contributed by atoms with E-state index in [0.29, 0.717) is 55.3 Å². The summed E-state index contributed by atoms with van der Waals surface area (Å²) in [6.45, 7) is 2.67. The molecule has 248 valence electrons. The number of nitrogens with one attached hydrogen (secondary N) is 4. The molecule has 10 heteroatoms. The lowest BCUT2D eigenvalue weighted by molar-refractivity contribution is -0.121. The molecule has 10 nitrogen and oxygen atoms in total. The van der Waals surface area contributed by atoms with E-state index in [0.717, 1.165) is 53.5 Å². The Morgan fingerprint density at radius 2 is 1.74 bits per heavy atom. The highest BCUT2D eigenvalue weighted by atomic mass is 16.5. The number of anilines is 1. The average molecular weight is 641 g/mol. The van der Waals surface area contributed by atoms with Crippen LogP contribution in [0.4, 0.5) is 5.69 Å². The third-order valence-electron chi connectivity index (χ3n) is 8.70. The second-order valence-corrected chi connectivity index (χ2v) is 11.8. The predicted molar refractivity (Wildman–Crippen MR) is 185 cm³/mol. The SMILES string of the molecule is COc1cc2c(c(OC)c1OC)-c1ccc(NCCCCCC(=O)NCCc3c[nH]c4ccccc34)c(=O)cc1[C@H](NC(C)=O)CC2. The summed E-state index contributed by atoms with van der Waals surface area (Å²) in [6, 6.07) is 15.0. The second-order valence-electron chi connectivity index (χ2n) is 11.8. The molecule has 5 rings (SSSR count). The number of fused-ring (bicyclic) bond motifs is 4. The van der Waals surface area contributed by atoms with Gasteiger partial charge in [0, 0.05) is 49.1 Å². The number of unbranched alkanes of at least 4 members (excludes halogenated alkanes) is 2. The minimum absolute atomic E-state index is 0.0508. The van der Waals surface area contributed by atoms with Crippen LogP contribution in [0.15, 0.2) is 59.5 Å². The maximum Gasteiger partial charge on any atom is 0.220 e. The van der Waals surface area contributed by atoms with Crippen molar-refractivity contribution in [1.82, 2.24) is 15.6 Å². The highest BCUT2D eigenvalue weighted by molar-refractivity contribution is 5.84. The van der Waals surface area contributed by atoms with E-state index in [2.05, 4.69) is 27.0 Å². The number of hydrogen-bond donors (Lipinski definition) is 4. The van der Waals surface area contributed by atoms with E-state index in [-0.39, 0.29) is 23.3 Å². The molecule has 4 N–H and O–H groups in total. The maximum absolute atomic E-state index is 13.5. The Morgan fingerprint density at radius 1 is 0.936 bits per heavy atom. The number of aromatic amines is 1. The lowest BCUT2D eigenvalue weighted by Crippen LogP contribution is -2.26. The van der Waals surface area contributed by atoms with Crippen LogP contribution >= 0.6 is 0 Å². The topological polar surface area (TPSA) is 131 Å². The van der Waals surface area contributed by atoms with Crippen molar-refractivity contribution < 1.29 is 23.8 Å². The second kappa shape index (κ2) is 15.5. The van der Waals surface area contributed by atoms with Gasteiger partial charge >= 0.3 is 0 Å². The van der Waals surface area contributed by atoms with Crippen molar-refractivity contribution in [2.75, 3.05) is 39.7 Å². The first-order valence-electron chi connectivity index (χ1n) is 16.2. The molecule has 3 aromatic carbocycles. The third kappa shape index (κ3) is 7.70. The number of amides is 2. The number of H-pyrrole nitrogens is 1. The number of hydrogen-bond acceptors (Lipinski definition) is 7. The molecule has 47 heavy (non-hydrogen) atoms. The van der Waals surface area contributed by atoms with Crippen molar-refractivity contribution in [3.05, 3.63) is 81.6 Å². The Morgan fingerprint density at radius 3 is 2.51 bits per heavy atom. The number of benzene rings is 2. The summed E-state index contributed by atoms with van der Waals surface area (Å²) in [5.41, 5.74) is 5.90. The Hall–Kier alpha value is -4.99. The highest BCUT2D eigenvalue weighted by Gasteiger charge is 2.29. The van der Waals surface area contributed by atoms with Crippen molar-refractivity contribution in [2.45, 2.75) is 57.9 Å². The third-order valence-corrected chi connectivity index (χ3v) is 8.70. The summed E-state index contributed by atoms with van der Waals surface area (Å²) in [5, 5.41) is 10.5. The van der Waals surface area contributed by atoms with E-state index in [9.17, 15) is 14.4 Å².